The van der Waals surface area contributed by atoms with Crippen LogP contribution in [0, 0.1) is 0 Å². The van der Waals surface area contributed by atoms with Crippen LogP contribution in [0.2, 0.25) is 0 Å². The van der Waals surface area contributed by atoms with Gasteiger partial charge in [-0.2, -0.15) is 5.10 Å². The molecule has 8 nitrogen and oxygen atoms in total. The van der Waals surface area contributed by atoms with Crippen LogP contribution in [0.4, 0.5) is 4.79 Å². The maximum absolute atomic E-state index is 13.2. The molecule has 2 fully saturated rings. The van der Waals surface area contributed by atoms with Crippen LogP contribution < -0.4 is 5.32 Å². The number of hydrogen-bond donors (Lipinski definition) is 1. The minimum absolute atomic E-state index is 0.0692. The van der Waals surface area contributed by atoms with Crippen LogP contribution in [0.5, 0.6) is 0 Å². The molecule has 1 N–H and O–H groups in total. The Morgan fingerprint density at radius 3 is 2.79 bits per heavy atom. The Bertz CT molecular complexity index is 695. The van der Waals surface area contributed by atoms with Crippen molar-refractivity contribution >= 4 is 12.0 Å². The van der Waals surface area contributed by atoms with Crippen molar-refractivity contribution in [2.75, 3.05) is 20.3 Å². The van der Waals surface area contributed by atoms with Gasteiger partial charge in [0, 0.05) is 31.4 Å². The maximum atomic E-state index is 13.2. The third-order valence-corrected chi connectivity index (χ3v) is 5.74. The van der Waals surface area contributed by atoms with Crippen LogP contribution in [0.15, 0.2) is 6.07 Å². The first-order valence-electron chi connectivity index (χ1n) is 10.9. The highest BCUT2D eigenvalue weighted by Gasteiger charge is 2.40. The summed E-state index contributed by atoms with van der Waals surface area (Å²) in [5.74, 6) is 0.120. The maximum Gasteiger partial charge on any atom is 0.406 e. The summed E-state index contributed by atoms with van der Waals surface area (Å²) in [4.78, 5) is 26.4. The summed E-state index contributed by atoms with van der Waals surface area (Å²) < 4.78 is 12.4. The van der Waals surface area contributed by atoms with Crippen molar-refractivity contribution < 1.29 is 19.1 Å². The molecule has 3 rings (SSSR count). The van der Waals surface area contributed by atoms with E-state index in [9.17, 15) is 9.59 Å². The molecular weight excluding hydrogens is 372 g/mol. The molecule has 2 aliphatic rings. The summed E-state index contributed by atoms with van der Waals surface area (Å²) >= 11 is 0. The molecule has 0 aromatic carbocycles. The number of nitrogens with one attached hydrogen (secondary N) is 1. The molecule has 0 radical (unpaired) electrons. The second-order valence-electron chi connectivity index (χ2n) is 7.91. The van der Waals surface area contributed by atoms with Crippen LogP contribution >= 0.6 is 0 Å². The van der Waals surface area contributed by atoms with Gasteiger partial charge in [0.15, 0.2) is 0 Å². The van der Waals surface area contributed by atoms with Gasteiger partial charge in [0.2, 0.25) is 0 Å². The van der Waals surface area contributed by atoms with Crippen molar-refractivity contribution in [3.8, 4) is 0 Å². The van der Waals surface area contributed by atoms with Gasteiger partial charge in [-0.15, -0.1) is 0 Å². The Labute approximate surface area is 172 Å². The molecule has 8 heteroatoms. The number of nitrogens with zero attached hydrogens (tertiary/aromatic N) is 3. The summed E-state index contributed by atoms with van der Waals surface area (Å²) in [6.07, 6.45) is 5.92. The molecule has 1 saturated heterocycles. The van der Waals surface area contributed by atoms with Gasteiger partial charge in [0.25, 0.3) is 5.91 Å². The third-order valence-electron chi connectivity index (χ3n) is 5.74. The van der Waals surface area contributed by atoms with Crippen molar-refractivity contribution in [2.24, 2.45) is 0 Å². The Morgan fingerprint density at radius 2 is 2.17 bits per heavy atom. The number of alkyl carbamates (subject to hydrolysis) is 1. The Hall–Kier alpha value is -2.09. The minimum atomic E-state index is -0.410. The second kappa shape index (κ2) is 10.1. The number of carbonyl (C=O) groups is 2. The number of ether oxygens (including phenoxy) is 2. The largest absolute Gasteiger partial charge is 0.453 e. The zero-order valence-electron chi connectivity index (χ0n) is 17.9. The van der Waals surface area contributed by atoms with E-state index in [0.717, 1.165) is 62.9 Å². The number of aromatic nitrogens is 2. The third kappa shape index (κ3) is 5.50. The average molecular weight is 407 g/mol. The molecule has 1 aromatic rings. The van der Waals surface area contributed by atoms with E-state index in [2.05, 4.69) is 30.0 Å². The molecular formula is C21H34N4O4. The fraction of sp³-hybridized carbons (Fsp3) is 0.762. The number of hydrogen-bond acceptors (Lipinski definition) is 5. The quantitative estimate of drug-likeness (QED) is 0.638. The molecule has 1 aliphatic heterocycles. The molecule has 0 spiro atoms. The lowest BCUT2D eigenvalue weighted by atomic mass is 10.1. The van der Waals surface area contributed by atoms with E-state index < -0.39 is 6.09 Å². The predicted octanol–water partition coefficient (Wildman–Crippen LogP) is 2.81. The zero-order valence-corrected chi connectivity index (χ0v) is 17.9. The molecule has 162 valence electrons. The first-order chi connectivity index (χ1) is 14.0. The molecule has 1 aliphatic carbocycles. The lowest BCUT2D eigenvalue weighted by molar-refractivity contribution is -0.149. The van der Waals surface area contributed by atoms with Gasteiger partial charge < -0.3 is 19.7 Å². The Kier molecular flexibility index (Phi) is 7.52. The standard InChI is InChI=1S/C21H34N4O4/c1-4-24-17(8-7-12-22-21(27)28-3)14-18(23-24)15(2)25(16-10-11-16)20(26)19-9-5-6-13-29-19/h14-16,19H,4-13H2,1-3H3,(H,22,27)/t15-,19-/m1/s1. The SMILES string of the molecule is CCn1nc([C@@H](C)N(C(=O)[C@H]2CCCCO2)C2CC2)cc1CCCNC(=O)OC. The lowest BCUT2D eigenvalue weighted by Gasteiger charge is -2.33. The van der Waals surface area contributed by atoms with Gasteiger partial charge in [0.05, 0.1) is 18.8 Å². The molecule has 29 heavy (non-hydrogen) atoms. The van der Waals surface area contributed by atoms with Crippen molar-refractivity contribution in [2.45, 2.75) is 83.5 Å². The van der Waals surface area contributed by atoms with Crippen molar-refractivity contribution in [1.29, 1.82) is 0 Å². The first kappa shape index (κ1) is 21.6. The van der Waals surface area contributed by atoms with Gasteiger partial charge in [-0.3, -0.25) is 9.48 Å². The Balaban J connectivity index is 1.66. The summed E-state index contributed by atoms with van der Waals surface area (Å²) in [7, 11) is 1.36. The van der Waals surface area contributed by atoms with Gasteiger partial charge in [-0.1, -0.05) is 0 Å². The number of methoxy groups -OCH3 is 1. The summed E-state index contributed by atoms with van der Waals surface area (Å²) in [5, 5.41) is 7.49. The number of rotatable bonds is 9. The highest BCUT2D eigenvalue weighted by atomic mass is 16.5. The molecule has 1 aromatic heterocycles. The molecule has 2 atom stereocenters. The molecule has 1 saturated carbocycles. The highest BCUT2D eigenvalue weighted by Crippen LogP contribution is 2.36. The monoisotopic (exact) mass is 406 g/mol. The normalized spacial score (nSPS) is 20.2. The van der Waals surface area contributed by atoms with Gasteiger partial charge in [-0.25, -0.2) is 4.79 Å². The first-order valence-corrected chi connectivity index (χ1v) is 10.9. The van der Waals surface area contributed by atoms with E-state index >= 15 is 0 Å². The van der Waals surface area contributed by atoms with Crippen molar-refractivity contribution in [1.82, 2.24) is 20.0 Å². The van der Waals surface area contributed by atoms with Crippen LogP contribution in [0.1, 0.15) is 69.8 Å². The van der Waals surface area contributed by atoms with Gasteiger partial charge in [-0.05, 0) is 64.9 Å². The summed E-state index contributed by atoms with van der Waals surface area (Å²) in [5.41, 5.74) is 2.05. The minimum Gasteiger partial charge on any atom is -0.453 e. The zero-order chi connectivity index (χ0) is 20.8. The number of aryl methyl sites for hydroxylation is 2. The van der Waals surface area contributed by atoms with E-state index in [1.54, 1.807) is 0 Å². The van der Waals surface area contributed by atoms with Gasteiger partial charge in [0.1, 0.15) is 6.10 Å². The molecule has 0 bridgehead atoms. The second-order valence-corrected chi connectivity index (χ2v) is 7.91. The summed E-state index contributed by atoms with van der Waals surface area (Å²) in [6.45, 7) is 6.15. The fourth-order valence-corrected chi connectivity index (χ4v) is 3.97. The lowest BCUT2D eigenvalue weighted by Crippen LogP contribution is -2.44. The predicted molar refractivity (Wildman–Crippen MR) is 109 cm³/mol. The fourth-order valence-electron chi connectivity index (χ4n) is 3.97. The number of carbonyl (C=O) groups excluding carboxylic acids is 2. The van der Waals surface area contributed by atoms with E-state index in [1.807, 2.05) is 9.58 Å². The summed E-state index contributed by atoms with van der Waals surface area (Å²) in [6, 6.07) is 2.35. The Morgan fingerprint density at radius 1 is 1.38 bits per heavy atom. The van der Waals surface area contributed by atoms with Crippen molar-refractivity contribution in [3.05, 3.63) is 17.5 Å². The van der Waals surface area contributed by atoms with Crippen LogP contribution in [-0.4, -0.2) is 59.1 Å². The van der Waals surface area contributed by atoms with E-state index in [4.69, 9.17) is 9.84 Å². The van der Waals surface area contributed by atoms with Crippen molar-refractivity contribution in [3.63, 3.8) is 0 Å². The van der Waals surface area contributed by atoms with Crippen LogP contribution in [0.25, 0.3) is 0 Å². The molecule has 0 unspecified atom stereocenters. The van der Waals surface area contributed by atoms with E-state index in [-0.39, 0.29) is 18.1 Å². The topological polar surface area (TPSA) is 85.7 Å². The highest BCUT2D eigenvalue weighted by molar-refractivity contribution is 5.82. The molecule has 2 amide bonds. The van der Waals surface area contributed by atoms with E-state index in [1.165, 1.54) is 7.11 Å². The smallest absolute Gasteiger partial charge is 0.406 e. The molecule has 2 heterocycles. The van der Waals surface area contributed by atoms with Crippen LogP contribution in [0.3, 0.4) is 0 Å². The average Bonchev–Trinajstić information content (AvgIpc) is 3.49. The van der Waals surface area contributed by atoms with Crippen LogP contribution in [-0.2, 0) is 27.2 Å². The number of amides is 2. The van der Waals surface area contributed by atoms with E-state index in [0.29, 0.717) is 19.2 Å². The van der Waals surface area contributed by atoms with Gasteiger partial charge >= 0.3 is 6.09 Å².